The number of aromatic nitrogens is 1. The first kappa shape index (κ1) is 13.1. The molecule has 2 N–H and O–H groups in total. The van der Waals surface area contributed by atoms with E-state index in [-0.39, 0.29) is 6.04 Å². The summed E-state index contributed by atoms with van der Waals surface area (Å²) in [5.41, 5.74) is 7.55. The van der Waals surface area contributed by atoms with Gasteiger partial charge >= 0.3 is 0 Å². The fraction of sp³-hybridized carbons (Fsp3) is 0.417. The van der Waals surface area contributed by atoms with E-state index >= 15 is 0 Å². The van der Waals surface area contributed by atoms with Crippen LogP contribution in [0.15, 0.2) is 10.5 Å². The van der Waals surface area contributed by atoms with Crippen molar-refractivity contribution in [2.24, 2.45) is 5.73 Å². The van der Waals surface area contributed by atoms with E-state index in [4.69, 9.17) is 22.3 Å². The van der Waals surface area contributed by atoms with E-state index in [1.165, 1.54) is 34.7 Å². The van der Waals surface area contributed by atoms with Gasteiger partial charge in [0, 0.05) is 14.2 Å². The fourth-order valence-corrected chi connectivity index (χ4v) is 5.13. The first-order valence-electron chi connectivity index (χ1n) is 5.84. The van der Waals surface area contributed by atoms with Crippen molar-refractivity contribution in [3.05, 3.63) is 35.3 Å². The van der Waals surface area contributed by atoms with E-state index in [1.54, 1.807) is 11.3 Å². The topological polar surface area (TPSA) is 38.9 Å². The Kier molecular flexibility index (Phi) is 3.78. The van der Waals surface area contributed by atoms with Gasteiger partial charge in [-0.05, 0) is 47.7 Å². The Morgan fingerprint density at radius 1 is 1.33 bits per heavy atom. The highest BCUT2D eigenvalue weighted by Gasteiger charge is 2.21. The molecular weight excluding hydrogens is 352 g/mol. The zero-order chi connectivity index (χ0) is 12.7. The summed E-state index contributed by atoms with van der Waals surface area (Å²) in [6.45, 7) is 0. The van der Waals surface area contributed by atoms with Crippen molar-refractivity contribution in [2.75, 3.05) is 0 Å². The Morgan fingerprint density at radius 3 is 2.78 bits per heavy atom. The lowest BCUT2D eigenvalue weighted by Gasteiger charge is -2.06. The summed E-state index contributed by atoms with van der Waals surface area (Å²) in [6, 6.07) is 1.85. The lowest BCUT2D eigenvalue weighted by atomic mass is 10.0. The van der Waals surface area contributed by atoms with Gasteiger partial charge in [0.25, 0.3) is 0 Å². The maximum atomic E-state index is 6.29. The molecule has 2 heterocycles. The van der Waals surface area contributed by atoms with E-state index in [0.29, 0.717) is 0 Å². The predicted molar refractivity (Wildman–Crippen MR) is 81.8 cm³/mol. The molecule has 0 amide bonds. The van der Waals surface area contributed by atoms with Gasteiger partial charge in [-0.3, -0.25) is 0 Å². The highest BCUT2D eigenvalue weighted by molar-refractivity contribution is 9.10. The smallest absolute Gasteiger partial charge is 0.115 e. The minimum Gasteiger partial charge on any atom is -0.318 e. The molecular formula is C12H12BrClN2S2. The van der Waals surface area contributed by atoms with Crippen molar-refractivity contribution < 1.29 is 0 Å². The number of thiazole rings is 1. The SMILES string of the molecule is NC(c1cc(Br)c(Cl)s1)c1nc2c(s1)CCCC2. The van der Waals surface area contributed by atoms with Crippen LogP contribution >= 0.6 is 50.2 Å². The van der Waals surface area contributed by atoms with E-state index in [0.717, 1.165) is 31.5 Å². The largest absolute Gasteiger partial charge is 0.318 e. The number of halogens is 2. The summed E-state index contributed by atoms with van der Waals surface area (Å²) in [4.78, 5) is 7.20. The molecule has 2 nitrogen and oxygen atoms in total. The van der Waals surface area contributed by atoms with Gasteiger partial charge in [-0.25, -0.2) is 4.98 Å². The third-order valence-electron chi connectivity index (χ3n) is 3.10. The van der Waals surface area contributed by atoms with Crippen LogP contribution in [0, 0.1) is 0 Å². The van der Waals surface area contributed by atoms with Crippen molar-refractivity contribution in [2.45, 2.75) is 31.7 Å². The standard InChI is InChI=1S/C12H12BrClN2S2/c13-6-5-9(17-11(6)14)10(15)12-16-7-3-1-2-4-8(7)18-12/h5,10H,1-4,15H2. The average Bonchev–Trinajstić information content (AvgIpc) is 2.93. The van der Waals surface area contributed by atoms with Gasteiger partial charge in [0.15, 0.2) is 0 Å². The Morgan fingerprint density at radius 2 is 2.11 bits per heavy atom. The lowest BCUT2D eigenvalue weighted by Crippen LogP contribution is -2.10. The summed E-state index contributed by atoms with van der Waals surface area (Å²) < 4.78 is 1.67. The van der Waals surface area contributed by atoms with Crippen LogP contribution in [0.25, 0.3) is 0 Å². The van der Waals surface area contributed by atoms with Crippen LogP contribution in [0.1, 0.15) is 39.3 Å². The second kappa shape index (κ2) is 5.21. The zero-order valence-electron chi connectivity index (χ0n) is 9.58. The summed E-state index contributed by atoms with van der Waals surface area (Å²) in [7, 11) is 0. The molecule has 1 aliphatic rings. The Balaban J connectivity index is 1.92. The molecule has 6 heteroatoms. The van der Waals surface area contributed by atoms with Crippen LogP contribution in [-0.4, -0.2) is 4.98 Å². The molecule has 0 aromatic carbocycles. The molecule has 1 aliphatic carbocycles. The monoisotopic (exact) mass is 362 g/mol. The number of aryl methyl sites for hydroxylation is 2. The molecule has 1 unspecified atom stereocenters. The molecule has 0 saturated carbocycles. The summed E-state index contributed by atoms with van der Waals surface area (Å²) in [5, 5.41) is 1.02. The molecule has 2 aromatic heterocycles. The fourth-order valence-electron chi connectivity index (χ4n) is 2.14. The summed E-state index contributed by atoms with van der Waals surface area (Å²) >= 11 is 12.8. The second-order valence-electron chi connectivity index (χ2n) is 4.38. The molecule has 0 saturated heterocycles. The predicted octanol–water partition coefficient (Wildman–Crippen LogP) is 4.55. The number of nitrogens with zero attached hydrogens (tertiary/aromatic N) is 1. The Labute approximate surface area is 127 Å². The normalized spacial score (nSPS) is 16.6. The number of thiophene rings is 1. The van der Waals surface area contributed by atoms with Crippen LogP contribution in [-0.2, 0) is 12.8 Å². The Bertz CT molecular complexity index is 536. The minimum absolute atomic E-state index is 0.144. The van der Waals surface area contributed by atoms with Crippen LogP contribution in [0.4, 0.5) is 0 Å². The maximum absolute atomic E-state index is 6.29. The quantitative estimate of drug-likeness (QED) is 0.850. The van der Waals surface area contributed by atoms with Gasteiger partial charge in [0.2, 0.25) is 0 Å². The second-order valence-corrected chi connectivity index (χ2v) is 8.03. The van der Waals surface area contributed by atoms with Crippen LogP contribution < -0.4 is 5.73 Å². The van der Waals surface area contributed by atoms with E-state index in [1.807, 2.05) is 6.07 Å². The van der Waals surface area contributed by atoms with Gasteiger partial charge in [0.05, 0.1) is 11.7 Å². The number of hydrogen-bond acceptors (Lipinski definition) is 4. The molecule has 0 fully saturated rings. The van der Waals surface area contributed by atoms with Gasteiger partial charge in [0.1, 0.15) is 9.34 Å². The molecule has 3 rings (SSSR count). The van der Waals surface area contributed by atoms with Gasteiger partial charge in [-0.15, -0.1) is 22.7 Å². The first-order valence-corrected chi connectivity index (χ1v) is 8.64. The summed E-state index contributed by atoms with van der Waals surface area (Å²) in [5.74, 6) is 0. The van der Waals surface area contributed by atoms with Gasteiger partial charge in [-0.1, -0.05) is 11.6 Å². The van der Waals surface area contributed by atoms with Crippen LogP contribution in [0.2, 0.25) is 4.34 Å². The van der Waals surface area contributed by atoms with Crippen LogP contribution in [0.3, 0.4) is 0 Å². The van der Waals surface area contributed by atoms with E-state index < -0.39 is 0 Å². The molecule has 0 aliphatic heterocycles. The Hall–Kier alpha value is 0.0600. The molecule has 96 valence electrons. The maximum Gasteiger partial charge on any atom is 0.115 e. The molecule has 1 atom stereocenters. The number of fused-ring (bicyclic) bond motifs is 1. The van der Waals surface area contributed by atoms with Crippen molar-refractivity contribution in [1.82, 2.24) is 4.98 Å². The molecule has 0 radical (unpaired) electrons. The minimum atomic E-state index is -0.144. The first-order chi connectivity index (χ1) is 8.65. The van der Waals surface area contributed by atoms with Crippen molar-refractivity contribution in [3.63, 3.8) is 0 Å². The summed E-state index contributed by atoms with van der Waals surface area (Å²) in [6.07, 6.45) is 4.80. The number of nitrogens with two attached hydrogens (primary N) is 1. The van der Waals surface area contributed by atoms with Crippen LogP contribution in [0.5, 0.6) is 0 Å². The lowest BCUT2D eigenvalue weighted by molar-refractivity contribution is 0.679. The van der Waals surface area contributed by atoms with E-state index in [9.17, 15) is 0 Å². The average molecular weight is 364 g/mol. The molecule has 0 bridgehead atoms. The van der Waals surface area contributed by atoms with Crippen molar-refractivity contribution >= 4 is 50.2 Å². The highest BCUT2D eigenvalue weighted by Crippen LogP contribution is 2.38. The van der Waals surface area contributed by atoms with Gasteiger partial charge in [-0.2, -0.15) is 0 Å². The van der Waals surface area contributed by atoms with Gasteiger partial charge < -0.3 is 5.73 Å². The molecule has 0 spiro atoms. The third kappa shape index (κ3) is 2.39. The van der Waals surface area contributed by atoms with Crippen molar-refractivity contribution in [3.8, 4) is 0 Å². The highest BCUT2D eigenvalue weighted by atomic mass is 79.9. The van der Waals surface area contributed by atoms with E-state index in [2.05, 4.69) is 15.9 Å². The van der Waals surface area contributed by atoms with Crippen molar-refractivity contribution in [1.29, 1.82) is 0 Å². The molecule has 18 heavy (non-hydrogen) atoms. The number of hydrogen-bond donors (Lipinski definition) is 1. The third-order valence-corrected chi connectivity index (χ3v) is 6.90. The number of rotatable bonds is 2. The molecule has 2 aromatic rings. The zero-order valence-corrected chi connectivity index (χ0v) is 13.6.